The smallest absolute Gasteiger partial charge is 0.376 e. The number of thioether (sulfide) groups is 1. The van der Waals surface area contributed by atoms with E-state index in [1.165, 1.54) is 29.8 Å². The van der Waals surface area contributed by atoms with Crippen molar-refractivity contribution in [3.63, 3.8) is 0 Å². The Labute approximate surface area is 220 Å². The van der Waals surface area contributed by atoms with E-state index in [4.69, 9.17) is 0 Å². The van der Waals surface area contributed by atoms with Crippen molar-refractivity contribution in [3.8, 4) is 11.8 Å². The second-order valence-corrected chi connectivity index (χ2v) is 9.73. The molecule has 3 N–H and O–H groups in total. The highest BCUT2D eigenvalue weighted by Gasteiger charge is 2.33. The Kier molecular flexibility index (Phi) is 8.32. The van der Waals surface area contributed by atoms with Gasteiger partial charge in [0.15, 0.2) is 5.65 Å². The van der Waals surface area contributed by atoms with Crippen LogP contribution in [0.15, 0.2) is 41.6 Å². The van der Waals surface area contributed by atoms with Crippen molar-refractivity contribution in [1.82, 2.24) is 19.6 Å². The number of nitrogens with one attached hydrogen (secondary N) is 3. The summed E-state index contributed by atoms with van der Waals surface area (Å²) in [5.74, 6) is 4.20. The summed E-state index contributed by atoms with van der Waals surface area (Å²) in [5, 5.41) is 8.01. The van der Waals surface area contributed by atoms with Crippen LogP contribution < -0.4 is 16.0 Å². The Morgan fingerprint density at radius 1 is 1.26 bits per heavy atom. The van der Waals surface area contributed by atoms with Crippen LogP contribution in [-0.2, 0) is 0 Å². The molecule has 1 amide bonds. The molecule has 2 aromatic heterocycles. The number of rotatable bonds is 6. The summed E-state index contributed by atoms with van der Waals surface area (Å²) in [4.78, 5) is 17.8. The van der Waals surface area contributed by atoms with Gasteiger partial charge in [0.05, 0.1) is 24.0 Å². The van der Waals surface area contributed by atoms with Gasteiger partial charge < -0.3 is 20.9 Å². The third-order valence-corrected chi connectivity index (χ3v) is 6.75. The molecule has 1 fully saturated rings. The normalized spacial score (nSPS) is 18.1. The number of amides is 1. The third-order valence-electron chi connectivity index (χ3n) is 5.94. The second kappa shape index (κ2) is 11.5. The number of nitrogens with zero attached hydrogens (tertiary/aromatic N) is 3. The minimum atomic E-state index is -4.60. The van der Waals surface area contributed by atoms with Crippen LogP contribution in [0, 0.1) is 17.7 Å². The Balaban J connectivity index is 1.58. The first kappa shape index (κ1) is 27.5. The van der Waals surface area contributed by atoms with Crippen LogP contribution in [-0.4, -0.2) is 71.6 Å². The van der Waals surface area contributed by atoms with E-state index in [0.29, 0.717) is 18.7 Å². The first-order valence-corrected chi connectivity index (χ1v) is 12.5. The summed E-state index contributed by atoms with van der Waals surface area (Å²) >= 11 is -0.346. The van der Waals surface area contributed by atoms with Crippen molar-refractivity contribution in [2.75, 3.05) is 44.4 Å². The largest absolute Gasteiger partial charge is 0.447 e. The molecule has 202 valence electrons. The Bertz CT molecular complexity index is 1380. The average molecular weight is 553 g/mol. The zero-order chi connectivity index (χ0) is 27.4. The number of benzene rings is 1. The molecule has 0 aliphatic carbocycles. The average Bonchev–Trinajstić information content (AvgIpc) is 3.20. The summed E-state index contributed by atoms with van der Waals surface area (Å²) in [7, 11) is 3.25. The summed E-state index contributed by atoms with van der Waals surface area (Å²) in [6, 6.07) is 6.56. The Morgan fingerprint density at radius 3 is 2.74 bits per heavy atom. The van der Waals surface area contributed by atoms with Gasteiger partial charge in [-0.05, 0) is 49.7 Å². The number of likely N-dealkylation sites (tertiary alicyclic amines) is 1. The van der Waals surface area contributed by atoms with Crippen molar-refractivity contribution in [2.45, 2.75) is 29.2 Å². The van der Waals surface area contributed by atoms with Gasteiger partial charge in [-0.1, -0.05) is 5.92 Å². The number of hydrogen-bond acceptors (Lipinski definition) is 6. The number of pyridine rings is 1. The first-order valence-electron chi connectivity index (χ1n) is 11.7. The topological polar surface area (TPSA) is 73.7 Å². The predicted octanol–water partition coefficient (Wildman–Crippen LogP) is 4.36. The van der Waals surface area contributed by atoms with Crippen molar-refractivity contribution < 1.29 is 26.7 Å². The lowest BCUT2D eigenvalue weighted by atomic mass is 10.0. The Morgan fingerprint density at radius 2 is 2.05 bits per heavy atom. The van der Waals surface area contributed by atoms with Crippen LogP contribution in [0.4, 0.5) is 33.3 Å². The van der Waals surface area contributed by atoms with E-state index in [1.54, 1.807) is 12.1 Å². The number of piperidine rings is 1. The van der Waals surface area contributed by atoms with Crippen LogP contribution in [0.25, 0.3) is 5.65 Å². The molecule has 1 saturated heterocycles. The molecule has 0 radical (unpaired) electrons. The van der Waals surface area contributed by atoms with E-state index in [2.05, 4.69) is 32.8 Å². The second-order valence-electron chi connectivity index (χ2n) is 8.68. The van der Waals surface area contributed by atoms with Gasteiger partial charge in [0.25, 0.3) is 5.91 Å². The lowest BCUT2D eigenvalue weighted by molar-refractivity contribution is -0.0330. The summed E-state index contributed by atoms with van der Waals surface area (Å²) < 4.78 is 70.3. The standard InChI is InChI=1S/C25H25F5N6OS/c1-31-23(37)15-7-8-18(16(26)13-15)32-10-3-5-21-24(38-25(28,29)30)36-11-4-6-20(22(36)34-21)33-19-9-12-35(2)14-17(19)27/h4,6-8,11,13,17,19,32-33H,9-10,12,14H2,1-2H3,(H,31,37)/t17-,19+/m0/s1. The molecule has 13 heteroatoms. The van der Waals surface area contributed by atoms with Gasteiger partial charge in [-0.2, -0.15) is 13.2 Å². The molecule has 7 nitrogen and oxygen atoms in total. The van der Waals surface area contributed by atoms with Crippen LogP contribution in [0.1, 0.15) is 22.5 Å². The molecule has 38 heavy (non-hydrogen) atoms. The van der Waals surface area contributed by atoms with E-state index in [-0.39, 0.29) is 52.5 Å². The van der Waals surface area contributed by atoms with E-state index in [1.807, 2.05) is 11.9 Å². The third kappa shape index (κ3) is 6.49. The lowest BCUT2D eigenvalue weighted by Crippen LogP contribution is -2.46. The summed E-state index contributed by atoms with van der Waals surface area (Å²) in [6.07, 6.45) is 0.822. The molecule has 3 aromatic rings. The predicted molar refractivity (Wildman–Crippen MR) is 137 cm³/mol. The van der Waals surface area contributed by atoms with Crippen LogP contribution in [0.3, 0.4) is 0 Å². The number of fused-ring (bicyclic) bond motifs is 1. The van der Waals surface area contributed by atoms with E-state index in [9.17, 15) is 26.7 Å². The summed E-state index contributed by atoms with van der Waals surface area (Å²) in [5.41, 5.74) is -3.89. The number of alkyl halides is 4. The first-order chi connectivity index (χ1) is 18.1. The van der Waals surface area contributed by atoms with Crippen LogP contribution >= 0.6 is 11.8 Å². The SMILES string of the molecule is CNC(=O)c1ccc(NCC#Cc2nc3c(N[C@@H]4CCN(C)C[C@@H]4F)cccn3c2SC(F)(F)F)c(F)c1. The van der Waals surface area contributed by atoms with Gasteiger partial charge >= 0.3 is 5.51 Å². The molecule has 0 spiro atoms. The number of hydrogen-bond donors (Lipinski definition) is 3. The van der Waals surface area contributed by atoms with Crippen LogP contribution in [0.5, 0.6) is 0 Å². The molecular weight excluding hydrogens is 527 g/mol. The number of imidazole rings is 1. The highest BCUT2D eigenvalue weighted by atomic mass is 32.2. The van der Waals surface area contributed by atoms with Gasteiger partial charge in [0, 0.05) is 43.7 Å². The van der Waals surface area contributed by atoms with E-state index in [0.717, 1.165) is 6.07 Å². The minimum absolute atomic E-state index is 0.0808. The van der Waals surface area contributed by atoms with Crippen molar-refractivity contribution in [1.29, 1.82) is 0 Å². The van der Waals surface area contributed by atoms with Gasteiger partial charge in [-0.3, -0.25) is 9.20 Å². The van der Waals surface area contributed by atoms with Crippen molar-refractivity contribution in [2.24, 2.45) is 0 Å². The molecule has 0 bridgehead atoms. The molecule has 3 heterocycles. The molecule has 2 atom stereocenters. The van der Waals surface area contributed by atoms with Crippen molar-refractivity contribution >= 4 is 34.7 Å². The molecule has 0 saturated carbocycles. The zero-order valence-corrected chi connectivity index (χ0v) is 21.3. The number of carbonyl (C=O) groups is 1. The molecule has 0 unspecified atom stereocenters. The zero-order valence-electron chi connectivity index (χ0n) is 20.5. The fourth-order valence-corrected chi connectivity index (χ4v) is 4.74. The highest BCUT2D eigenvalue weighted by Crippen LogP contribution is 2.39. The fraction of sp³-hybridized carbons (Fsp3) is 0.360. The van der Waals surface area contributed by atoms with Crippen LogP contribution in [0.2, 0.25) is 0 Å². The number of carbonyl (C=O) groups excluding carboxylic acids is 1. The number of aromatic nitrogens is 2. The monoisotopic (exact) mass is 552 g/mol. The minimum Gasteiger partial charge on any atom is -0.376 e. The van der Waals surface area contributed by atoms with Gasteiger partial charge in [-0.25, -0.2) is 13.8 Å². The van der Waals surface area contributed by atoms with E-state index >= 15 is 0 Å². The molecular formula is C25H25F5N6OS. The lowest BCUT2D eigenvalue weighted by Gasteiger charge is -2.33. The quantitative estimate of drug-likeness (QED) is 0.240. The highest BCUT2D eigenvalue weighted by molar-refractivity contribution is 8.00. The number of anilines is 2. The maximum absolute atomic E-state index is 14.6. The maximum Gasteiger partial charge on any atom is 0.447 e. The molecule has 4 rings (SSSR count). The molecule has 1 aliphatic heterocycles. The van der Waals surface area contributed by atoms with E-state index < -0.39 is 29.4 Å². The summed E-state index contributed by atoms with van der Waals surface area (Å²) in [6.45, 7) is 0.845. The molecule has 1 aliphatic rings. The fourth-order valence-electron chi connectivity index (χ4n) is 4.08. The van der Waals surface area contributed by atoms with Gasteiger partial charge in [-0.15, -0.1) is 0 Å². The molecule has 1 aromatic carbocycles. The Hall–Kier alpha value is -3.50. The maximum atomic E-state index is 14.6. The van der Waals surface area contributed by atoms with Gasteiger partial charge in [0.2, 0.25) is 0 Å². The number of halogens is 5. The van der Waals surface area contributed by atoms with Gasteiger partial charge in [0.1, 0.15) is 22.7 Å². The van der Waals surface area contributed by atoms with Crippen molar-refractivity contribution in [3.05, 3.63) is 53.6 Å².